The van der Waals surface area contributed by atoms with E-state index in [1.807, 2.05) is 50.2 Å². The lowest BCUT2D eigenvalue weighted by molar-refractivity contribution is 0.415. The van der Waals surface area contributed by atoms with Crippen molar-refractivity contribution in [3.05, 3.63) is 108 Å². The quantitative estimate of drug-likeness (QED) is 0.176. The molecule has 0 N–H and O–H groups in total. The summed E-state index contributed by atoms with van der Waals surface area (Å²) in [5, 5.41) is 12.0. The van der Waals surface area contributed by atoms with E-state index in [-0.39, 0.29) is 11.6 Å². The number of aryl methyl sites for hydroxylation is 2. The number of benzene rings is 3. The van der Waals surface area contributed by atoms with Crippen LogP contribution in [0.4, 0.5) is 8.78 Å². The Morgan fingerprint density at radius 3 is 1.53 bits per heavy atom. The van der Waals surface area contributed by atoms with Crippen molar-refractivity contribution in [3.63, 3.8) is 0 Å². The highest BCUT2D eigenvalue weighted by atomic mass is 33.2. The molecule has 0 saturated carbocycles. The van der Waals surface area contributed by atoms with Crippen molar-refractivity contribution in [2.24, 2.45) is 0 Å². The van der Waals surface area contributed by atoms with Crippen molar-refractivity contribution >= 4 is 44.3 Å². The van der Waals surface area contributed by atoms with Crippen LogP contribution in [-0.4, -0.2) is 26.7 Å². The van der Waals surface area contributed by atoms with Gasteiger partial charge in [-0.2, -0.15) is 10.2 Å². The molecule has 0 amide bonds. The van der Waals surface area contributed by atoms with Crippen LogP contribution in [-0.2, 0) is 11.8 Å². The van der Waals surface area contributed by atoms with Gasteiger partial charge in [0.15, 0.2) is 0 Å². The average molecular weight is 585 g/mol. The second kappa shape index (κ2) is 11.1. The van der Waals surface area contributed by atoms with Crippen LogP contribution in [0.25, 0.3) is 11.4 Å². The number of halogens is 2. The molecule has 0 atom stereocenters. The Morgan fingerprint density at radius 2 is 1.13 bits per heavy atom. The fraction of sp³-hybridized carbons (Fsp3) is 0.111. The number of ether oxygens (including phenoxy) is 1. The molecule has 0 aliphatic heterocycles. The molecule has 0 unspecified atom stereocenters. The van der Waals surface area contributed by atoms with Crippen molar-refractivity contribution in [2.45, 2.75) is 23.9 Å². The molecule has 3 aromatic carbocycles. The van der Waals surface area contributed by atoms with Crippen LogP contribution in [0.2, 0.25) is 0 Å². The van der Waals surface area contributed by atoms with Crippen molar-refractivity contribution < 1.29 is 13.5 Å². The summed E-state index contributed by atoms with van der Waals surface area (Å²) >= 11 is 9.62. The van der Waals surface area contributed by atoms with Gasteiger partial charge in [0.05, 0.1) is 34.3 Å². The smallest absolute Gasteiger partial charge is 0.123 e. The molecule has 5 aromatic rings. The van der Waals surface area contributed by atoms with Crippen LogP contribution in [0.15, 0.2) is 95.0 Å². The van der Waals surface area contributed by atoms with E-state index in [0.29, 0.717) is 0 Å². The first-order valence-electron chi connectivity index (χ1n) is 11.5. The first-order valence-corrected chi connectivity index (χ1v) is 17.2. The minimum absolute atomic E-state index is 0.310. The van der Waals surface area contributed by atoms with Crippen LogP contribution in [0.5, 0.6) is 5.75 Å². The fourth-order valence-corrected chi connectivity index (χ4v) is 13.1. The minimum atomic E-state index is -2.49. The normalized spacial score (nSPS) is 11.6. The summed E-state index contributed by atoms with van der Waals surface area (Å²) in [7, 11) is 1.63. The molecule has 0 saturated heterocycles. The van der Waals surface area contributed by atoms with Crippen molar-refractivity contribution in [1.29, 1.82) is 0 Å². The highest BCUT2D eigenvalue weighted by molar-refractivity contribution is 9.02. The molecule has 0 spiro atoms. The maximum absolute atomic E-state index is 13.6. The van der Waals surface area contributed by atoms with Gasteiger partial charge in [0.25, 0.3) is 0 Å². The first kappa shape index (κ1) is 26.7. The number of hydrogen-bond donors (Lipinski definition) is 0. The monoisotopic (exact) mass is 584 g/mol. The summed E-state index contributed by atoms with van der Waals surface area (Å²) in [6, 6.07) is 24.2. The lowest BCUT2D eigenvalue weighted by Gasteiger charge is -2.22. The number of hydrogen-bond acceptors (Lipinski definition) is 6. The first-order chi connectivity index (χ1) is 18.2. The fourth-order valence-electron chi connectivity index (χ4n) is 3.75. The molecule has 2 aromatic heterocycles. The molecular formula is C27H23F2N4OPS3. The predicted octanol–water partition coefficient (Wildman–Crippen LogP) is 7.48. The van der Waals surface area contributed by atoms with E-state index in [1.165, 1.54) is 24.3 Å². The Bertz CT molecular complexity index is 1520. The van der Waals surface area contributed by atoms with E-state index in [1.54, 1.807) is 63.5 Å². The topological polar surface area (TPSA) is 44.9 Å². The van der Waals surface area contributed by atoms with Crippen LogP contribution >= 0.6 is 27.2 Å². The Labute approximate surface area is 232 Å². The Hall–Kier alpha value is -2.91. The molecule has 0 aliphatic rings. The van der Waals surface area contributed by atoms with Crippen molar-refractivity contribution in [3.8, 4) is 17.1 Å². The Kier molecular flexibility index (Phi) is 7.77. The molecule has 194 valence electrons. The zero-order valence-electron chi connectivity index (χ0n) is 20.7. The number of aromatic nitrogens is 4. The average Bonchev–Trinajstić information content (AvgIpc) is 3.45. The molecule has 11 heteroatoms. The van der Waals surface area contributed by atoms with Gasteiger partial charge >= 0.3 is 0 Å². The molecule has 5 rings (SSSR count). The van der Waals surface area contributed by atoms with Gasteiger partial charge in [-0.25, -0.2) is 18.1 Å². The molecule has 0 bridgehead atoms. The highest BCUT2D eigenvalue weighted by Crippen LogP contribution is 2.73. The lowest BCUT2D eigenvalue weighted by atomic mass is 10.3. The van der Waals surface area contributed by atoms with E-state index in [9.17, 15) is 8.78 Å². The number of rotatable bonds is 8. The third-order valence-electron chi connectivity index (χ3n) is 5.56. The Balaban J connectivity index is 1.59. The molecule has 2 heterocycles. The van der Waals surface area contributed by atoms with E-state index in [2.05, 4.69) is 10.2 Å². The van der Waals surface area contributed by atoms with Gasteiger partial charge in [-0.3, -0.25) is 0 Å². The predicted molar refractivity (Wildman–Crippen MR) is 155 cm³/mol. The molecule has 0 aliphatic carbocycles. The lowest BCUT2D eigenvalue weighted by Crippen LogP contribution is -2.04. The van der Waals surface area contributed by atoms with Crippen LogP contribution in [0, 0.1) is 25.5 Å². The zero-order valence-corrected chi connectivity index (χ0v) is 24.1. The standard InChI is InChI=1S/C27H23F2N4OPS3/c1-18-16-26(32(30-18)22-8-4-20(28)5-9-22)37-35(36,25-14-12-24(34-3)13-15-25)38-27-17-19(2)31-33(27)23-10-6-21(29)7-11-23/h4-17H,1-3H3. The molecule has 38 heavy (non-hydrogen) atoms. The largest absolute Gasteiger partial charge is 0.497 e. The third-order valence-corrected chi connectivity index (χ3v) is 15.1. The summed E-state index contributed by atoms with van der Waals surface area (Å²) in [5.74, 6) is 0.120. The van der Waals surface area contributed by atoms with Gasteiger partial charge < -0.3 is 4.74 Å². The Morgan fingerprint density at radius 1 is 0.711 bits per heavy atom. The highest BCUT2D eigenvalue weighted by Gasteiger charge is 2.28. The summed E-state index contributed by atoms with van der Waals surface area (Å²) in [6.07, 6.45) is 0. The minimum Gasteiger partial charge on any atom is -0.497 e. The van der Waals surface area contributed by atoms with E-state index in [4.69, 9.17) is 16.5 Å². The second-order valence-corrected chi connectivity index (χ2v) is 19.2. The van der Waals surface area contributed by atoms with Crippen LogP contribution in [0.1, 0.15) is 11.4 Å². The van der Waals surface area contributed by atoms with Gasteiger partial charge in [0, 0.05) is 5.30 Å². The van der Waals surface area contributed by atoms with Crippen molar-refractivity contribution in [2.75, 3.05) is 7.11 Å². The summed E-state index contributed by atoms with van der Waals surface area (Å²) in [4.78, 5) is 0. The zero-order chi connectivity index (χ0) is 26.9. The van der Waals surface area contributed by atoms with Gasteiger partial charge in [0.1, 0.15) is 27.4 Å². The van der Waals surface area contributed by atoms with E-state index < -0.39 is 4.44 Å². The maximum atomic E-state index is 13.6. The third kappa shape index (κ3) is 5.73. The SMILES string of the molecule is COc1ccc(P(=S)(Sc2cc(C)nn2-c2ccc(F)cc2)Sc2cc(C)nn2-c2ccc(F)cc2)cc1. The molecule has 5 nitrogen and oxygen atoms in total. The second-order valence-electron chi connectivity index (χ2n) is 8.40. The van der Waals surface area contributed by atoms with Crippen LogP contribution in [0.3, 0.4) is 0 Å². The number of methoxy groups -OCH3 is 1. The van der Waals surface area contributed by atoms with Gasteiger partial charge in [-0.1, -0.05) is 34.6 Å². The summed E-state index contributed by atoms with van der Waals surface area (Å²) in [5.41, 5.74) is 3.14. The number of nitrogens with zero attached hydrogens (tertiary/aromatic N) is 4. The maximum Gasteiger partial charge on any atom is 0.123 e. The van der Waals surface area contributed by atoms with Gasteiger partial charge in [0.2, 0.25) is 0 Å². The summed E-state index contributed by atoms with van der Waals surface area (Å²) in [6.45, 7) is 3.84. The summed E-state index contributed by atoms with van der Waals surface area (Å²) < 4.78 is 33.7. The van der Waals surface area contributed by atoms with Gasteiger partial charge in [-0.05, 0) is 98.8 Å². The van der Waals surface area contributed by atoms with Crippen molar-refractivity contribution in [1.82, 2.24) is 19.6 Å². The molecule has 0 radical (unpaired) electrons. The van der Waals surface area contributed by atoms with Gasteiger partial charge in [-0.15, -0.1) is 0 Å². The molecule has 0 fully saturated rings. The molecular weight excluding hydrogens is 561 g/mol. The van der Waals surface area contributed by atoms with E-state index >= 15 is 0 Å². The van der Waals surface area contributed by atoms with Crippen LogP contribution < -0.4 is 10.0 Å². The van der Waals surface area contributed by atoms with E-state index in [0.717, 1.165) is 43.9 Å².